The van der Waals surface area contributed by atoms with Crippen LogP contribution in [0.15, 0.2) is 30.9 Å². The van der Waals surface area contributed by atoms with Crippen LogP contribution in [0.1, 0.15) is 24.9 Å². The second-order valence-electron chi connectivity index (χ2n) is 5.32. The van der Waals surface area contributed by atoms with E-state index in [-0.39, 0.29) is 6.04 Å². The minimum absolute atomic E-state index is 0.198. The lowest BCUT2D eigenvalue weighted by Gasteiger charge is -2.30. The number of imidazole rings is 1. The highest BCUT2D eigenvalue weighted by Crippen LogP contribution is 2.40. The normalized spacial score (nSPS) is 18.9. The third-order valence-electron chi connectivity index (χ3n) is 3.60. The summed E-state index contributed by atoms with van der Waals surface area (Å²) in [7, 11) is 0. The van der Waals surface area contributed by atoms with Crippen molar-refractivity contribution in [3.05, 3.63) is 46.5 Å². The molecule has 1 aliphatic rings. The van der Waals surface area contributed by atoms with Crippen LogP contribution in [0.5, 0.6) is 5.75 Å². The van der Waals surface area contributed by atoms with Crippen molar-refractivity contribution in [1.82, 2.24) is 14.9 Å². The van der Waals surface area contributed by atoms with Crippen molar-refractivity contribution in [3.8, 4) is 5.75 Å². The zero-order chi connectivity index (χ0) is 14.8. The van der Waals surface area contributed by atoms with E-state index in [0.717, 1.165) is 24.3 Å². The summed E-state index contributed by atoms with van der Waals surface area (Å²) in [5.41, 5.74) is 1.04. The minimum atomic E-state index is 0.198. The summed E-state index contributed by atoms with van der Waals surface area (Å²) in [4.78, 5) is 4.06. The van der Waals surface area contributed by atoms with E-state index in [0.29, 0.717) is 22.7 Å². The number of hydrogen-bond acceptors (Lipinski definition) is 3. The summed E-state index contributed by atoms with van der Waals surface area (Å²) in [6.07, 6.45) is 6.47. The highest BCUT2D eigenvalue weighted by Gasteiger charge is 2.25. The van der Waals surface area contributed by atoms with Gasteiger partial charge in [0, 0.05) is 48.0 Å². The molecule has 112 valence electrons. The van der Waals surface area contributed by atoms with E-state index < -0.39 is 0 Å². The fourth-order valence-corrected chi connectivity index (χ4v) is 3.27. The van der Waals surface area contributed by atoms with Crippen molar-refractivity contribution in [2.24, 2.45) is 0 Å². The van der Waals surface area contributed by atoms with Gasteiger partial charge in [-0.25, -0.2) is 4.98 Å². The Kier molecular flexibility index (Phi) is 4.38. The molecule has 1 aromatic carbocycles. The fourth-order valence-electron chi connectivity index (χ4n) is 2.71. The number of nitrogens with one attached hydrogen (secondary N) is 1. The molecule has 1 aliphatic heterocycles. The molecule has 6 heteroatoms. The van der Waals surface area contributed by atoms with Crippen LogP contribution < -0.4 is 10.1 Å². The first-order chi connectivity index (χ1) is 10.1. The summed E-state index contributed by atoms with van der Waals surface area (Å²) >= 11 is 12.3. The number of rotatable bonds is 4. The van der Waals surface area contributed by atoms with Crippen LogP contribution in [0.25, 0.3) is 0 Å². The monoisotopic (exact) mass is 325 g/mol. The smallest absolute Gasteiger partial charge is 0.142 e. The number of hydrogen-bond donors (Lipinski definition) is 1. The fraction of sp³-hybridized carbons (Fsp3) is 0.400. The van der Waals surface area contributed by atoms with Gasteiger partial charge in [-0.05, 0) is 19.1 Å². The molecular weight excluding hydrogens is 309 g/mol. The zero-order valence-corrected chi connectivity index (χ0v) is 13.2. The first-order valence-corrected chi connectivity index (χ1v) is 7.72. The number of nitrogens with zero attached hydrogens (tertiary/aromatic N) is 2. The van der Waals surface area contributed by atoms with Crippen molar-refractivity contribution in [2.45, 2.75) is 32.0 Å². The van der Waals surface area contributed by atoms with E-state index in [1.165, 1.54) is 0 Å². The topological polar surface area (TPSA) is 39.1 Å². The Balaban J connectivity index is 1.75. The number of aromatic nitrogens is 2. The molecule has 0 aliphatic carbocycles. The molecule has 1 N–H and O–H groups in total. The number of fused-ring (bicyclic) bond motifs is 1. The molecule has 21 heavy (non-hydrogen) atoms. The summed E-state index contributed by atoms with van der Waals surface area (Å²) in [6.45, 7) is 3.67. The number of benzene rings is 1. The standard InChI is InChI=1S/C15H17Cl2N3O/c1-10(8-20-4-3-18-9-20)19-14-2-5-21-15-12(14)6-11(16)7-13(15)17/h3-4,6-7,9-10,14,19H,2,5,8H2,1H3. The average Bonchev–Trinajstić information content (AvgIpc) is 2.92. The van der Waals surface area contributed by atoms with Crippen LogP contribution >= 0.6 is 23.2 Å². The highest BCUT2D eigenvalue weighted by atomic mass is 35.5. The van der Waals surface area contributed by atoms with Crippen molar-refractivity contribution < 1.29 is 4.74 Å². The molecule has 2 unspecified atom stereocenters. The Morgan fingerprint density at radius 3 is 3.10 bits per heavy atom. The predicted octanol–water partition coefficient (Wildman–Crippen LogP) is 3.69. The third kappa shape index (κ3) is 3.34. The molecule has 2 atom stereocenters. The lowest BCUT2D eigenvalue weighted by Crippen LogP contribution is -2.36. The predicted molar refractivity (Wildman–Crippen MR) is 84.1 cm³/mol. The van der Waals surface area contributed by atoms with Gasteiger partial charge in [-0.1, -0.05) is 23.2 Å². The van der Waals surface area contributed by atoms with E-state index in [9.17, 15) is 0 Å². The quantitative estimate of drug-likeness (QED) is 0.931. The van der Waals surface area contributed by atoms with Crippen LogP contribution in [0.4, 0.5) is 0 Å². The minimum Gasteiger partial charge on any atom is -0.492 e. The summed E-state index contributed by atoms with van der Waals surface area (Å²) < 4.78 is 7.74. The SMILES string of the molecule is CC(Cn1ccnc1)NC1CCOc2c(Cl)cc(Cl)cc21. The third-order valence-corrected chi connectivity index (χ3v) is 4.09. The summed E-state index contributed by atoms with van der Waals surface area (Å²) in [5, 5.41) is 4.83. The van der Waals surface area contributed by atoms with Crippen molar-refractivity contribution >= 4 is 23.2 Å². The second kappa shape index (κ2) is 6.26. The zero-order valence-electron chi connectivity index (χ0n) is 11.7. The van der Waals surface area contributed by atoms with Crippen molar-refractivity contribution in [2.75, 3.05) is 6.61 Å². The van der Waals surface area contributed by atoms with Gasteiger partial charge in [0.2, 0.25) is 0 Å². The van der Waals surface area contributed by atoms with Crippen LogP contribution in [0.3, 0.4) is 0 Å². The number of ether oxygens (including phenoxy) is 1. The maximum absolute atomic E-state index is 6.21. The molecule has 3 rings (SSSR count). The van der Waals surface area contributed by atoms with Gasteiger partial charge in [0.1, 0.15) is 5.75 Å². The van der Waals surface area contributed by atoms with Gasteiger partial charge in [0.15, 0.2) is 0 Å². The Morgan fingerprint density at radius 1 is 1.48 bits per heavy atom. The molecule has 2 heterocycles. The first-order valence-electron chi connectivity index (χ1n) is 6.97. The molecular formula is C15H17Cl2N3O. The van der Waals surface area contributed by atoms with Gasteiger partial charge in [0.05, 0.1) is 18.0 Å². The first kappa shape index (κ1) is 14.7. The molecule has 0 saturated heterocycles. The van der Waals surface area contributed by atoms with Crippen LogP contribution in [-0.2, 0) is 6.54 Å². The van der Waals surface area contributed by atoms with Crippen molar-refractivity contribution in [1.29, 1.82) is 0 Å². The van der Waals surface area contributed by atoms with Gasteiger partial charge >= 0.3 is 0 Å². The molecule has 4 nitrogen and oxygen atoms in total. The Labute approximate surface area is 134 Å². The molecule has 0 radical (unpaired) electrons. The van der Waals surface area contributed by atoms with Gasteiger partial charge in [-0.2, -0.15) is 0 Å². The molecule has 2 aromatic rings. The molecule has 0 fully saturated rings. The maximum Gasteiger partial charge on any atom is 0.142 e. The molecule has 0 spiro atoms. The van der Waals surface area contributed by atoms with Gasteiger partial charge in [-0.3, -0.25) is 0 Å². The lowest BCUT2D eigenvalue weighted by molar-refractivity contribution is 0.242. The van der Waals surface area contributed by atoms with Gasteiger partial charge in [-0.15, -0.1) is 0 Å². The number of halogens is 2. The van der Waals surface area contributed by atoms with Gasteiger partial charge < -0.3 is 14.6 Å². The average molecular weight is 326 g/mol. The Morgan fingerprint density at radius 2 is 2.33 bits per heavy atom. The van der Waals surface area contributed by atoms with Gasteiger partial charge in [0.25, 0.3) is 0 Å². The molecule has 0 amide bonds. The highest BCUT2D eigenvalue weighted by molar-refractivity contribution is 6.35. The van der Waals surface area contributed by atoms with E-state index in [1.807, 2.05) is 18.6 Å². The molecule has 0 bridgehead atoms. The summed E-state index contributed by atoms with van der Waals surface area (Å²) in [6, 6.07) is 4.15. The van der Waals surface area contributed by atoms with E-state index in [2.05, 4.69) is 21.8 Å². The Bertz CT molecular complexity index is 616. The van der Waals surface area contributed by atoms with Crippen LogP contribution in [-0.4, -0.2) is 22.2 Å². The molecule has 0 saturated carbocycles. The maximum atomic E-state index is 6.21. The summed E-state index contributed by atoms with van der Waals surface area (Å²) in [5.74, 6) is 0.750. The largest absolute Gasteiger partial charge is 0.492 e. The lowest BCUT2D eigenvalue weighted by atomic mass is 9.99. The van der Waals surface area contributed by atoms with E-state index in [1.54, 1.807) is 12.3 Å². The van der Waals surface area contributed by atoms with E-state index in [4.69, 9.17) is 27.9 Å². The van der Waals surface area contributed by atoms with Crippen molar-refractivity contribution in [3.63, 3.8) is 0 Å². The van der Waals surface area contributed by atoms with Crippen LogP contribution in [0, 0.1) is 0 Å². The molecule has 1 aromatic heterocycles. The van der Waals surface area contributed by atoms with E-state index >= 15 is 0 Å². The second-order valence-corrected chi connectivity index (χ2v) is 6.17. The Hall–Kier alpha value is -1.23. The van der Waals surface area contributed by atoms with Crippen LogP contribution in [0.2, 0.25) is 10.0 Å².